The quantitative estimate of drug-likeness (QED) is 0.740. The molecule has 0 saturated carbocycles. The molecule has 0 bridgehead atoms. The number of hydrogen-bond donors (Lipinski definition) is 0. The van der Waals surface area contributed by atoms with E-state index < -0.39 is 6.04 Å². The van der Waals surface area contributed by atoms with Gasteiger partial charge in [-0.25, -0.2) is 0 Å². The Morgan fingerprint density at radius 1 is 0.840 bits per heavy atom. The molecule has 25 heavy (non-hydrogen) atoms. The zero-order chi connectivity index (χ0) is 18.0. The number of anilines is 2. The molecule has 1 atom stereocenters. The molecule has 0 aliphatic heterocycles. The minimum absolute atomic E-state index is 0.461. The Morgan fingerprint density at radius 2 is 1.36 bits per heavy atom. The smallest absolute Gasteiger partial charge is 0.0618 e. The second-order valence-electron chi connectivity index (χ2n) is 6.24. The Morgan fingerprint density at radius 3 is 1.88 bits per heavy atom. The predicted octanol–water partition coefficient (Wildman–Crippen LogP) is 4.99. The lowest BCUT2D eigenvalue weighted by Crippen LogP contribution is -2.31. The first-order chi connectivity index (χ1) is 12.0. The SMILES string of the molecule is C=C1C=C(N([O-])c2ccc(C)cc2)C=CC1N([O-])c1ccc(C)cc1. The van der Waals surface area contributed by atoms with Crippen LogP contribution in [-0.2, 0) is 0 Å². The summed E-state index contributed by atoms with van der Waals surface area (Å²) in [5.74, 6) is 0. The third kappa shape index (κ3) is 3.65. The molecule has 0 saturated heterocycles. The van der Waals surface area contributed by atoms with Crippen molar-refractivity contribution in [2.45, 2.75) is 19.9 Å². The van der Waals surface area contributed by atoms with Crippen LogP contribution in [0, 0.1) is 24.3 Å². The summed E-state index contributed by atoms with van der Waals surface area (Å²) in [4.78, 5) is 0. The largest absolute Gasteiger partial charge is 0.758 e. The van der Waals surface area contributed by atoms with E-state index in [1.54, 1.807) is 42.5 Å². The Labute approximate surface area is 148 Å². The lowest BCUT2D eigenvalue weighted by atomic mass is 10.0. The molecule has 0 aromatic heterocycles. The number of nitrogens with zero attached hydrogens (tertiary/aromatic N) is 2. The van der Waals surface area contributed by atoms with Crippen molar-refractivity contribution < 1.29 is 0 Å². The fraction of sp³-hybridized carbons (Fsp3) is 0.143. The van der Waals surface area contributed by atoms with Crippen LogP contribution in [-0.4, -0.2) is 6.04 Å². The van der Waals surface area contributed by atoms with E-state index in [9.17, 15) is 10.4 Å². The Hall–Kier alpha value is -2.82. The van der Waals surface area contributed by atoms with Gasteiger partial charge in [0.2, 0.25) is 0 Å². The topological polar surface area (TPSA) is 52.6 Å². The molecule has 0 fully saturated rings. The molecule has 0 radical (unpaired) electrons. The number of hydrogen-bond acceptors (Lipinski definition) is 4. The highest BCUT2D eigenvalue weighted by Crippen LogP contribution is 2.28. The van der Waals surface area contributed by atoms with Crippen LogP contribution in [0.4, 0.5) is 11.4 Å². The number of rotatable bonds is 4. The van der Waals surface area contributed by atoms with Crippen molar-refractivity contribution in [2.75, 3.05) is 10.1 Å². The summed E-state index contributed by atoms with van der Waals surface area (Å²) < 4.78 is 0. The van der Waals surface area contributed by atoms with Crippen LogP contribution in [0.5, 0.6) is 0 Å². The highest BCUT2D eigenvalue weighted by molar-refractivity contribution is 5.61. The van der Waals surface area contributed by atoms with E-state index in [0.717, 1.165) is 21.3 Å². The van der Waals surface area contributed by atoms with Gasteiger partial charge in [0.25, 0.3) is 0 Å². The van der Waals surface area contributed by atoms with Gasteiger partial charge in [-0.05, 0) is 55.8 Å². The molecule has 3 rings (SSSR count). The van der Waals surface area contributed by atoms with Gasteiger partial charge in [0, 0.05) is 17.1 Å². The van der Waals surface area contributed by atoms with E-state index in [4.69, 9.17) is 0 Å². The van der Waals surface area contributed by atoms with Crippen molar-refractivity contribution in [3.05, 3.63) is 106 Å². The van der Waals surface area contributed by atoms with Gasteiger partial charge in [-0.1, -0.05) is 48.0 Å². The molecule has 0 N–H and O–H groups in total. The third-order valence-corrected chi connectivity index (χ3v) is 4.21. The van der Waals surface area contributed by atoms with E-state index in [1.807, 2.05) is 38.1 Å². The summed E-state index contributed by atoms with van der Waals surface area (Å²) in [5, 5.41) is 26.8. The van der Waals surface area contributed by atoms with Gasteiger partial charge >= 0.3 is 0 Å². The van der Waals surface area contributed by atoms with Crippen LogP contribution < -0.4 is 10.1 Å². The number of benzene rings is 2. The molecule has 0 heterocycles. The first kappa shape index (κ1) is 17.0. The molecule has 2 aromatic carbocycles. The molecule has 4 heteroatoms. The van der Waals surface area contributed by atoms with Crippen molar-refractivity contribution in [3.8, 4) is 0 Å². The highest BCUT2D eigenvalue weighted by Gasteiger charge is 2.16. The normalized spacial score (nSPS) is 16.6. The van der Waals surface area contributed by atoms with Crippen LogP contribution in [0.15, 0.2) is 84.6 Å². The third-order valence-electron chi connectivity index (χ3n) is 4.21. The van der Waals surface area contributed by atoms with Gasteiger partial charge in [0.15, 0.2) is 0 Å². The number of hydroxylamine groups is 2. The lowest BCUT2D eigenvalue weighted by Gasteiger charge is -2.41. The molecule has 128 valence electrons. The van der Waals surface area contributed by atoms with Gasteiger partial charge in [-0.15, -0.1) is 0 Å². The molecule has 0 spiro atoms. The van der Waals surface area contributed by atoms with Gasteiger partial charge < -0.3 is 20.5 Å². The minimum atomic E-state index is -0.516. The summed E-state index contributed by atoms with van der Waals surface area (Å²) in [6.07, 6.45) is 5.05. The Kier molecular flexibility index (Phi) is 4.74. The van der Waals surface area contributed by atoms with Crippen LogP contribution >= 0.6 is 0 Å². The zero-order valence-corrected chi connectivity index (χ0v) is 14.3. The fourth-order valence-electron chi connectivity index (χ4n) is 2.67. The number of aryl methyl sites for hydroxylation is 2. The first-order valence-electron chi connectivity index (χ1n) is 8.11. The van der Waals surface area contributed by atoms with Crippen LogP contribution in [0.3, 0.4) is 0 Å². The van der Waals surface area contributed by atoms with Gasteiger partial charge in [-0.2, -0.15) is 0 Å². The van der Waals surface area contributed by atoms with Crippen LogP contribution in [0.25, 0.3) is 0 Å². The van der Waals surface area contributed by atoms with Crippen molar-refractivity contribution in [3.63, 3.8) is 0 Å². The van der Waals surface area contributed by atoms with E-state index >= 15 is 0 Å². The molecule has 1 unspecified atom stereocenters. The van der Waals surface area contributed by atoms with Gasteiger partial charge in [0.1, 0.15) is 0 Å². The van der Waals surface area contributed by atoms with E-state index in [0.29, 0.717) is 22.6 Å². The van der Waals surface area contributed by atoms with Crippen molar-refractivity contribution in [2.24, 2.45) is 0 Å². The molecule has 0 amide bonds. The van der Waals surface area contributed by atoms with Crippen molar-refractivity contribution >= 4 is 11.4 Å². The Balaban J connectivity index is 1.77. The predicted molar refractivity (Wildman–Crippen MR) is 104 cm³/mol. The van der Waals surface area contributed by atoms with Crippen LogP contribution in [0.1, 0.15) is 11.1 Å². The standard InChI is InChI=1S/C21H20N2O2/c1-15-4-8-18(9-5-15)22(24)20-12-13-21(17(3)14-20)23(25)19-10-6-16(2)7-11-19/h4-14,21H,3H2,1-2H3/q-2. The summed E-state index contributed by atoms with van der Waals surface area (Å²) in [5.41, 5.74) is 4.34. The summed E-state index contributed by atoms with van der Waals surface area (Å²) in [6.45, 7) is 7.91. The lowest BCUT2D eigenvalue weighted by molar-refractivity contribution is 0.893. The van der Waals surface area contributed by atoms with E-state index in [2.05, 4.69) is 6.58 Å². The maximum Gasteiger partial charge on any atom is 0.0618 e. The molecule has 2 aromatic rings. The van der Waals surface area contributed by atoms with E-state index in [1.165, 1.54) is 0 Å². The van der Waals surface area contributed by atoms with Gasteiger partial charge in [0.05, 0.1) is 6.04 Å². The summed E-state index contributed by atoms with van der Waals surface area (Å²) in [6, 6.07) is 14.2. The first-order valence-corrected chi connectivity index (χ1v) is 8.11. The molecule has 1 aliphatic carbocycles. The fourth-order valence-corrected chi connectivity index (χ4v) is 2.67. The maximum atomic E-state index is 12.6. The van der Waals surface area contributed by atoms with E-state index in [-0.39, 0.29) is 0 Å². The van der Waals surface area contributed by atoms with Crippen LogP contribution in [0.2, 0.25) is 0 Å². The molecule has 4 nitrogen and oxygen atoms in total. The second-order valence-corrected chi connectivity index (χ2v) is 6.24. The molecular formula is C21H20N2O2-2. The molecular weight excluding hydrogens is 312 g/mol. The van der Waals surface area contributed by atoms with Crippen molar-refractivity contribution in [1.82, 2.24) is 0 Å². The number of allylic oxidation sites excluding steroid dienone is 1. The summed E-state index contributed by atoms with van der Waals surface area (Å²) >= 11 is 0. The Bertz CT molecular complexity index is 820. The average molecular weight is 332 g/mol. The molecule has 1 aliphatic rings. The highest BCUT2D eigenvalue weighted by atomic mass is 16.5. The van der Waals surface area contributed by atoms with Gasteiger partial charge in [-0.3, -0.25) is 0 Å². The maximum absolute atomic E-state index is 12.6. The monoisotopic (exact) mass is 332 g/mol. The second kappa shape index (κ2) is 6.97. The minimum Gasteiger partial charge on any atom is -0.758 e. The average Bonchev–Trinajstić information content (AvgIpc) is 2.62. The summed E-state index contributed by atoms with van der Waals surface area (Å²) in [7, 11) is 0. The van der Waals surface area contributed by atoms with Crippen molar-refractivity contribution in [1.29, 1.82) is 0 Å². The zero-order valence-electron chi connectivity index (χ0n) is 14.3.